The van der Waals surface area contributed by atoms with E-state index in [1.165, 1.54) is 0 Å². The number of benzene rings is 2. The Bertz CT molecular complexity index is 1130. The topological polar surface area (TPSA) is 102 Å². The third-order valence-electron chi connectivity index (χ3n) is 5.68. The van der Waals surface area contributed by atoms with Crippen molar-refractivity contribution in [2.45, 2.75) is 84.3 Å². The van der Waals surface area contributed by atoms with Crippen LogP contribution in [0.15, 0.2) is 54.6 Å². The molecule has 0 aromatic heterocycles. The third-order valence-corrected chi connectivity index (χ3v) is 5.68. The van der Waals surface area contributed by atoms with Crippen molar-refractivity contribution >= 4 is 23.7 Å². The van der Waals surface area contributed by atoms with Gasteiger partial charge < -0.3 is 14.8 Å². The minimum absolute atomic E-state index is 0.0771. The van der Waals surface area contributed by atoms with E-state index in [1.54, 1.807) is 52.0 Å². The SMILES string of the molecule is CC(OC(C)(C)C)C(NC(=O)C(Cc1ccccc1)N1C(=O)c2ccccc2C1=O)C(=O)OC(C)(C)C. The van der Waals surface area contributed by atoms with Crippen LogP contribution in [-0.2, 0) is 25.5 Å². The van der Waals surface area contributed by atoms with E-state index in [-0.39, 0.29) is 17.5 Å². The maximum Gasteiger partial charge on any atom is 0.331 e. The average Bonchev–Trinajstić information content (AvgIpc) is 3.04. The Labute approximate surface area is 218 Å². The van der Waals surface area contributed by atoms with E-state index in [1.807, 2.05) is 51.1 Å². The van der Waals surface area contributed by atoms with Crippen molar-refractivity contribution in [3.05, 3.63) is 71.3 Å². The molecular formula is C29H36N2O6. The van der Waals surface area contributed by atoms with Gasteiger partial charge in [0.2, 0.25) is 5.91 Å². The standard InChI is InChI=1S/C29H36N2O6/c1-18(36-28(2,3)4)23(27(35)37-29(5,6)7)30-24(32)22(17-19-13-9-8-10-14-19)31-25(33)20-15-11-12-16-21(20)26(31)34/h8-16,18,22-23H,17H2,1-7H3,(H,30,32). The lowest BCUT2D eigenvalue weighted by Crippen LogP contribution is -2.58. The molecule has 198 valence electrons. The van der Waals surface area contributed by atoms with E-state index in [0.717, 1.165) is 10.5 Å². The molecule has 8 heteroatoms. The molecule has 3 unspecified atom stereocenters. The second-order valence-electron chi connectivity index (χ2n) is 11.2. The normalized spacial score (nSPS) is 16.1. The van der Waals surface area contributed by atoms with Crippen molar-refractivity contribution in [2.24, 2.45) is 0 Å². The van der Waals surface area contributed by atoms with Crippen LogP contribution in [0.25, 0.3) is 0 Å². The Morgan fingerprint density at radius 2 is 1.35 bits per heavy atom. The van der Waals surface area contributed by atoms with Gasteiger partial charge in [-0.1, -0.05) is 42.5 Å². The fraction of sp³-hybridized carbons (Fsp3) is 0.448. The molecule has 2 aromatic carbocycles. The molecule has 3 atom stereocenters. The molecule has 0 aliphatic carbocycles. The maximum absolute atomic E-state index is 13.8. The molecule has 0 spiro atoms. The first-order chi connectivity index (χ1) is 17.2. The molecule has 1 aliphatic heterocycles. The summed E-state index contributed by atoms with van der Waals surface area (Å²) in [6.07, 6.45) is -0.674. The summed E-state index contributed by atoms with van der Waals surface area (Å²) in [6.45, 7) is 12.4. The highest BCUT2D eigenvalue weighted by Crippen LogP contribution is 2.26. The number of fused-ring (bicyclic) bond motifs is 1. The van der Waals surface area contributed by atoms with Crippen LogP contribution in [0.2, 0.25) is 0 Å². The predicted octanol–water partition coefficient (Wildman–Crippen LogP) is 3.92. The van der Waals surface area contributed by atoms with Gasteiger partial charge in [-0.25, -0.2) is 4.79 Å². The van der Waals surface area contributed by atoms with Gasteiger partial charge in [0.15, 0.2) is 6.04 Å². The van der Waals surface area contributed by atoms with Crippen molar-refractivity contribution in [1.29, 1.82) is 0 Å². The van der Waals surface area contributed by atoms with Gasteiger partial charge in [-0.3, -0.25) is 19.3 Å². The van der Waals surface area contributed by atoms with Gasteiger partial charge in [-0.05, 0) is 66.2 Å². The Hall–Kier alpha value is -3.52. The largest absolute Gasteiger partial charge is 0.458 e. The van der Waals surface area contributed by atoms with Gasteiger partial charge in [-0.2, -0.15) is 0 Å². The third kappa shape index (κ3) is 7.04. The van der Waals surface area contributed by atoms with Crippen LogP contribution in [0.3, 0.4) is 0 Å². The van der Waals surface area contributed by atoms with Gasteiger partial charge in [0.25, 0.3) is 11.8 Å². The summed E-state index contributed by atoms with van der Waals surface area (Å²) >= 11 is 0. The molecular weight excluding hydrogens is 472 g/mol. The molecule has 0 saturated carbocycles. The zero-order valence-corrected chi connectivity index (χ0v) is 22.5. The van der Waals surface area contributed by atoms with Crippen molar-refractivity contribution in [3.8, 4) is 0 Å². The molecule has 37 heavy (non-hydrogen) atoms. The van der Waals surface area contributed by atoms with Gasteiger partial charge >= 0.3 is 5.97 Å². The zero-order valence-electron chi connectivity index (χ0n) is 22.5. The smallest absolute Gasteiger partial charge is 0.331 e. The summed E-state index contributed by atoms with van der Waals surface area (Å²) in [5.74, 6) is -2.43. The second kappa shape index (κ2) is 10.8. The first kappa shape index (κ1) is 28.1. The van der Waals surface area contributed by atoms with Crippen molar-refractivity contribution in [1.82, 2.24) is 10.2 Å². The lowest BCUT2D eigenvalue weighted by molar-refractivity contribution is -0.166. The lowest BCUT2D eigenvalue weighted by Gasteiger charge is -2.33. The number of ether oxygens (including phenoxy) is 2. The number of hydrogen-bond acceptors (Lipinski definition) is 6. The average molecular weight is 509 g/mol. The molecule has 8 nitrogen and oxygen atoms in total. The van der Waals surface area contributed by atoms with E-state index in [0.29, 0.717) is 0 Å². The maximum atomic E-state index is 13.8. The van der Waals surface area contributed by atoms with Gasteiger partial charge in [0.1, 0.15) is 11.6 Å². The highest BCUT2D eigenvalue weighted by atomic mass is 16.6. The number of carbonyl (C=O) groups excluding carboxylic acids is 4. The minimum atomic E-state index is -1.19. The van der Waals surface area contributed by atoms with E-state index in [2.05, 4.69) is 5.32 Å². The molecule has 3 rings (SSSR count). The number of hydrogen-bond donors (Lipinski definition) is 1. The predicted molar refractivity (Wildman–Crippen MR) is 139 cm³/mol. The lowest BCUT2D eigenvalue weighted by atomic mass is 10.0. The molecule has 1 aliphatic rings. The quantitative estimate of drug-likeness (QED) is 0.428. The van der Waals surface area contributed by atoms with E-state index in [9.17, 15) is 19.2 Å². The molecule has 3 amide bonds. The van der Waals surface area contributed by atoms with E-state index < -0.39 is 53.1 Å². The van der Waals surface area contributed by atoms with Crippen LogP contribution in [0, 0.1) is 0 Å². The number of amides is 3. The van der Waals surface area contributed by atoms with Crippen molar-refractivity contribution < 1.29 is 28.7 Å². The zero-order chi connectivity index (χ0) is 27.5. The fourth-order valence-electron chi connectivity index (χ4n) is 4.24. The molecule has 2 aromatic rings. The second-order valence-corrected chi connectivity index (χ2v) is 11.2. The van der Waals surface area contributed by atoms with E-state index in [4.69, 9.17) is 9.47 Å². The first-order valence-electron chi connectivity index (χ1n) is 12.4. The summed E-state index contributed by atoms with van der Waals surface area (Å²) in [5.41, 5.74) is -0.158. The Morgan fingerprint density at radius 1 is 0.838 bits per heavy atom. The van der Waals surface area contributed by atoms with Gasteiger partial charge in [0.05, 0.1) is 22.8 Å². The van der Waals surface area contributed by atoms with E-state index >= 15 is 0 Å². The summed E-state index contributed by atoms with van der Waals surface area (Å²) in [4.78, 5) is 54.5. The summed E-state index contributed by atoms with van der Waals surface area (Å²) in [6, 6.07) is 13.2. The number of rotatable bonds is 8. The number of carbonyl (C=O) groups is 4. The Kier molecular flexibility index (Phi) is 8.22. The molecule has 1 N–H and O–H groups in total. The number of esters is 1. The van der Waals surface area contributed by atoms with Gasteiger partial charge in [0, 0.05) is 6.42 Å². The fourth-order valence-corrected chi connectivity index (χ4v) is 4.24. The highest BCUT2D eigenvalue weighted by molar-refractivity contribution is 6.22. The Balaban J connectivity index is 1.96. The van der Waals surface area contributed by atoms with Crippen molar-refractivity contribution in [3.63, 3.8) is 0 Å². The Morgan fingerprint density at radius 3 is 1.84 bits per heavy atom. The van der Waals surface area contributed by atoms with Crippen molar-refractivity contribution in [2.75, 3.05) is 0 Å². The molecule has 0 saturated heterocycles. The summed E-state index contributed by atoms with van der Waals surface area (Å²) < 4.78 is 11.6. The highest BCUT2D eigenvalue weighted by Gasteiger charge is 2.44. The number of imide groups is 1. The summed E-state index contributed by atoms with van der Waals surface area (Å²) in [5, 5.41) is 2.74. The van der Waals surface area contributed by atoms with Crippen LogP contribution < -0.4 is 5.32 Å². The van der Waals surface area contributed by atoms with Crippen LogP contribution >= 0.6 is 0 Å². The summed E-state index contributed by atoms with van der Waals surface area (Å²) in [7, 11) is 0. The van der Waals surface area contributed by atoms with Gasteiger partial charge in [-0.15, -0.1) is 0 Å². The van der Waals surface area contributed by atoms with Crippen LogP contribution in [0.4, 0.5) is 0 Å². The molecule has 1 heterocycles. The minimum Gasteiger partial charge on any atom is -0.458 e. The van der Waals surface area contributed by atoms with Crippen LogP contribution in [0.5, 0.6) is 0 Å². The van der Waals surface area contributed by atoms with Crippen LogP contribution in [-0.4, -0.2) is 58.0 Å². The molecule has 0 fully saturated rings. The first-order valence-corrected chi connectivity index (χ1v) is 12.4. The number of nitrogens with zero attached hydrogens (tertiary/aromatic N) is 1. The monoisotopic (exact) mass is 508 g/mol. The molecule has 0 radical (unpaired) electrons. The number of nitrogens with one attached hydrogen (secondary N) is 1. The van der Waals surface area contributed by atoms with Crippen LogP contribution in [0.1, 0.15) is 74.7 Å². The molecule has 0 bridgehead atoms.